The van der Waals surface area contributed by atoms with Gasteiger partial charge in [0.15, 0.2) is 0 Å². The van der Waals surface area contributed by atoms with Crippen molar-refractivity contribution in [3.05, 3.63) is 24.3 Å². The summed E-state index contributed by atoms with van der Waals surface area (Å²) in [6.07, 6.45) is 10.1. The molecule has 0 atom stereocenters. The van der Waals surface area contributed by atoms with Crippen LogP contribution in [0.4, 0.5) is 0 Å². The Morgan fingerprint density at radius 3 is 1.47 bits per heavy atom. The first-order valence-electron chi connectivity index (χ1n) is 4.09. The van der Waals surface area contributed by atoms with Crippen LogP contribution < -0.4 is 9.47 Å². The van der Waals surface area contributed by atoms with E-state index in [-0.39, 0.29) is 25.6 Å². The number of terminal acetylenes is 2. The Morgan fingerprint density at radius 1 is 0.867 bits per heavy atom. The molecule has 0 unspecified atom stereocenters. The molecule has 0 amide bonds. The second-order valence-corrected chi connectivity index (χ2v) is 2.46. The van der Waals surface area contributed by atoms with Crippen molar-refractivity contribution in [2.75, 3.05) is 13.2 Å². The van der Waals surface area contributed by atoms with E-state index in [0.29, 0.717) is 0 Å². The van der Waals surface area contributed by atoms with Gasteiger partial charge in [0.25, 0.3) is 0 Å². The Morgan fingerprint density at radius 2 is 1.20 bits per heavy atom. The van der Waals surface area contributed by atoms with E-state index in [1.807, 2.05) is 0 Å². The maximum absolute atomic E-state index is 5.18. The highest BCUT2D eigenvalue weighted by Crippen LogP contribution is 2.17. The van der Waals surface area contributed by atoms with Gasteiger partial charge in [0.1, 0.15) is 24.7 Å². The van der Waals surface area contributed by atoms with E-state index in [0.717, 1.165) is 11.5 Å². The van der Waals surface area contributed by atoms with Gasteiger partial charge >= 0.3 is 0 Å². The molecule has 0 fully saturated rings. The lowest BCUT2D eigenvalue weighted by Gasteiger charge is -2.04. The molecule has 78 valence electrons. The molecule has 0 radical (unpaired) electrons. The van der Waals surface area contributed by atoms with Gasteiger partial charge < -0.3 is 9.47 Å². The summed E-state index contributed by atoms with van der Waals surface area (Å²) < 4.78 is 10.4. The van der Waals surface area contributed by atoms with Gasteiger partial charge in [-0.05, 0) is 24.3 Å². The van der Waals surface area contributed by atoms with Gasteiger partial charge in [-0.15, -0.1) is 25.3 Å². The van der Waals surface area contributed by atoms with Crippen LogP contribution in [0.2, 0.25) is 0 Å². The molecule has 0 saturated heterocycles. The summed E-state index contributed by atoms with van der Waals surface area (Å²) in [5.74, 6) is 6.21. The number of halogens is 1. The topological polar surface area (TPSA) is 18.5 Å². The lowest BCUT2D eigenvalue weighted by Crippen LogP contribution is -1.95. The molecule has 0 saturated carbocycles. The van der Waals surface area contributed by atoms with E-state index >= 15 is 0 Å². The van der Waals surface area contributed by atoms with Crippen LogP contribution in [0.5, 0.6) is 11.5 Å². The van der Waals surface area contributed by atoms with Crippen molar-refractivity contribution in [2.45, 2.75) is 0 Å². The zero-order chi connectivity index (χ0) is 10.2. The quantitative estimate of drug-likeness (QED) is 0.727. The van der Waals surface area contributed by atoms with E-state index in [4.69, 9.17) is 22.3 Å². The van der Waals surface area contributed by atoms with Crippen LogP contribution in [-0.4, -0.2) is 13.2 Å². The van der Waals surface area contributed by atoms with Crippen LogP contribution in [0.1, 0.15) is 0 Å². The summed E-state index contributed by atoms with van der Waals surface area (Å²) in [5.41, 5.74) is 0. The Labute approximate surface area is 96.0 Å². The third kappa shape index (κ3) is 4.86. The van der Waals surface area contributed by atoms with Crippen molar-refractivity contribution < 1.29 is 9.47 Å². The van der Waals surface area contributed by atoms with Gasteiger partial charge in [-0.25, -0.2) is 0 Å². The Hall–Kier alpha value is -1.77. The lowest BCUT2D eigenvalue weighted by atomic mass is 10.3. The monoisotopic (exact) mass is 222 g/mol. The van der Waals surface area contributed by atoms with E-state index in [1.54, 1.807) is 24.3 Å². The third-order valence-corrected chi connectivity index (χ3v) is 1.47. The van der Waals surface area contributed by atoms with Crippen LogP contribution in [0, 0.1) is 24.7 Å². The molecule has 0 heterocycles. The standard InChI is InChI=1S/C12H10O2.ClH/c1-3-9-13-11-5-7-12(8-6-11)14-10-4-2;/h1-2,5-8H,9-10H2;1H. The normalized spacial score (nSPS) is 7.87. The first kappa shape index (κ1) is 13.2. The highest BCUT2D eigenvalue weighted by Gasteiger charge is 1.94. The average molecular weight is 223 g/mol. The largest absolute Gasteiger partial charge is 0.481 e. The molecule has 3 heteroatoms. The summed E-state index contributed by atoms with van der Waals surface area (Å²) >= 11 is 0. The molecule has 2 nitrogen and oxygen atoms in total. The molecular weight excluding hydrogens is 212 g/mol. The van der Waals surface area contributed by atoms with Crippen molar-refractivity contribution in [3.8, 4) is 36.2 Å². The van der Waals surface area contributed by atoms with Gasteiger partial charge in [-0.1, -0.05) is 11.8 Å². The molecule has 0 aromatic heterocycles. The molecule has 15 heavy (non-hydrogen) atoms. The van der Waals surface area contributed by atoms with E-state index in [9.17, 15) is 0 Å². The number of ether oxygens (including phenoxy) is 2. The minimum absolute atomic E-state index is 0. The third-order valence-electron chi connectivity index (χ3n) is 1.47. The SMILES string of the molecule is C#CCOc1ccc(OCC#C)cc1.Cl. The summed E-state index contributed by atoms with van der Waals surface area (Å²) in [6.45, 7) is 0.537. The van der Waals surface area contributed by atoms with Crippen molar-refractivity contribution in [1.82, 2.24) is 0 Å². The number of rotatable bonds is 4. The molecule has 1 aromatic rings. The fourth-order valence-electron chi connectivity index (χ4n) is 0.882. The van der Waals surface area contributed by atoms with E-state index < -0.39 is 0 Å². The van der Waals surface area contributed by atoms with E-state index in [2.05, 4.69) is 11.8 Å². The summed E-state index contributed by atoms with van der Waals surface area (Å²) in [5, 5.41) is 0. The van der Waals surface area contributed by atoms with Crippen LogP contribution in [-0.2, 0) is 0 Å². The van der Waals surface area contributed by atoms with Crippen LogP contribution >= 0.6 is 12.4 Å². The fraction of sp³-hybridized carbons (Fsp3) is 0.167. The van der Waals surface area contributed by atoms with Crippen molar-refractivity contribution in [3.63, 3.8) is 0 Å². The van der Waals surface area contributed by atoms with Gasteiger partial charge in [0.05, 0.1) is 0 Å². The minimum Gasteiger partial charge on any atom is -0.481 e. The molecule has 0 aliphatic heterocycles. The summed E-state index contributed by atoms with van der Waals surface area (Å²) in [6, 6.07) is 7.12. The van der Waals surface area contributed by atoms with E-state index in [1.165, 1.54) is 0 Å². The summed E-state index contributed by atoms with van der Waals surface area (Å²) in [4.78, 5) is 0. The number of hydrogen-bond donors (Lipinski definition) is 0. The number of benzene rings is 1. The Kier molecular flexibility index (Phi) is 6.72. The Bertz CT molecular complexity index is 320. The lowest BCUT2D eigenvalue weighted by molar-refractivity contribution is 0.360. The van der Waals surface area contributed by atoms with Crippen molar-refractivity contribution >= 4 is 12.4 Å². The molecule has 1 aromatic carbocycles. The predicted octanol–water partition coefficient (Wildman–Crippen LogP) is 2.13. The highest BCUT2D eigenvalue weighted by atomic mass is 35.5. The molecule has 0 aliphatic carbocycles. The summed E-state index contributed by atoms with van der Waals surface area (Å²) in [7, 11) is 0. The molecule has 0 spiro atoms. The van der Waals surface area contributed by atoms with Crippen molar-refractivity contribution in [2.24, 2.45) is 0 Å². The predicted molar refractivity (Wildman–Crippen MR) is 62.3 cm³/mol. The van der Waals surface area contributed by atoms with Gasteiger partial charge in [-0.2, -0.15) is 0 Å². The maximum atomic E-state index is 5.18. The number of hydrogen-bond acceptors (Lipinski definition) is 2. The van der Waals surface area contributed by atoms with Gasteiger partial charge in [0.2, 0.25) is 0 Å². The molecule has 0 bridgehead atoms. The molecule has 1 rings (SSSR count). The Balaban J connectivity index is 0.00000196. The molecular formula is C12H11ClO2. The van der Waals surface area contributed by atoms with Gasteiger partial charge in [0, 0.05) is 0 Å². The average Bonchev–Trinajstić information content (AvgIpc) is 2.25. The first-order chi connectivity index (χ1) is 6.86. The van der Waals surface area contributed by atoms with Crippen LogP contribution in [0.3, 0.4) is 0 Å². The van der Waals surface area contributed by atoms with Crippen LogP contribution in [0.15, 0.2) is 24.3 Å². The smallest absolute Gasteiger partial charge is 0.148 e. The second kappa shape index (κ2) is 7.62. The zero-order valence-electron chi connectivity index (χ0n) is 8.10. The zero-order valence-corrected chi connectivity index (χ0v) is 8.92. The fourth-order valence-corrected chi connectivity index (χ4v) is 0.882. The first-order valence-corrected chi connectivity index (χ1v) is 4.09. The minimum atomic E-state index is 0. The molecule has 0 aliphatic rings. The van der Waals surface area contributed by atoms with Crippen molar-refractivity contribution in [1.29, 1.82) is 0 Å². The molecule has 0 N–H and O–H groups in total. The second-order valence-electron chi connectivity index (χ2n) is 2.46. The maximum Gasteiger partial charge on any atom is 0.148 e. The highest BCUT2D eigenvalue weighted by molar-refractivity contribution is 5.85. The van der Waals surface area contributed by atoms with Gasteiger partial charge in [-0.3, -0.25) is 0 Å². The van der Waals surface area contributed by atoms with Crippen LogP contribution in [0.25, 0.3) is 0 Å².